The molecule has 0 fully saturated rings. The standard InChI is InChI=1S/C39H29N/c1-38(2)32-16-5-7-18-34(32)39(35-19-8-6-17-33(35)38)31-15-4-3-13-30(31)37-29(14-10-20-36(37)39)28-12-9-11-27(25-28)26-21-23-40-24-22-26/h3-25H,1-2H3. The monoisotopic (exact) mass is 511 g/mol. The molecule has 5 aromatic carbocycles. The lowest BCUT2D eigenvalue weighted by molar-refractivity contribution is 0.563. The Bertz CT molecular complexity index is 1880. The number of pyridine rings is 1. The zero-order valence-electron chi connectivity index (χ0n) is 22.7. The first-order valence-electron chi connectivity index (χ1n) is 14.1. The smallest absolute Gasteiger partial charge is 0.0719 e. The van der Waals surface area contributed by atoms with E-state index in [1.807, 2.05) is 12.4 Å². The summed E-state index contributed by atoms with van der Waals surface area (Å²) in [6, 6.07) is 47.4. The van der Waals surface area contributed by atoms with Crippen molar-refractivity contribution in [2.24, 2.45) is 0 Å². The molecule has 1 spiro atoms. The maximum atomic E-state index is 4.22. The van der Waals surface area contributed by atoms with E-state index in [1.165, 1.54) is 66.8 Å². The van der Waals surface area contributed by atoms with Crippen LogP contribution in [-0.4, -0.2) is 4.98 Å². The number of fused-ring (bicyclic) bond motifs is 9. The summed E-state index contributed by atoms with van der Waals surface area (Å²) < 4.78 is 0. The molecule has 0 saturated carbocycles. The van der Waals surface area contributed by atoms with Crippen LogP contribution in [0.1, 0.15) is 47.2 Å². The Morgan fingerprint density at radius 2 is 0.950 bits per heavy atom. The number of hydrogen-bond donors (Lipinski definition) is 0. The Morgan fingerprint density at radius 3 is 1.65 bits per heavy atom. The third-order valence-corrected chi connectivity index (χ3v) is 9.26. The summed E-state index contributed by atoms with van der Waals surface area (Å²) in [5.41, 5.74) is 15.4. The molecule has 2 aliphatic rings. The highest BCUT2D eigenvalue weighted by molar-refractivity contribution is 5.96. The van der Waals surface area contributed by atoms with Crippen LogP contribution in [0.25, 0.3) is 33.4 Å². The Kier molecular flexibility index (Phi) is 4.85. The van der Waals surface area contributed by atoms with Crippen LogP contribution < -0.4 is 0 Å². The SMILES string of the molecule is CC1(C)c2ccccc2C2(c3ccccc3-c3c(-c4cccc(-c5ccncc5)c4)cccc32)c2ccccc21. The van der Waals surface area contributed by atoms with Gasteiger partial charge in [-0.1, -0.05) is 123 Å². The van der Waals surface area contributed by atoms with Gasteiger partial charge in [0, 0.05) is 17.8 Å². The minimum absolute atomic E-state index is 0.0907. The van der Waals surface area contributed by atoms with Gasteiger partial charge in [0.1, 0.15) is 0 Å². The average Bonchev–Trinajstić information content (AvgIpc) is 3.32. The highest BCUT2D eigenvalue weighted by Crippen LogP contribution is 2.63. The highest BCUT2D eigenvalue weighted by atomic mass is 14.6. The molecule has 190 valence electrons. The van der Waals surface area contributed by atoms with Crippen LogP contribution in [0.3, 0.4) is 0 Å². The third-order valence-electron chi connectivity index (χ3n) is 9.26. The van der Waals surface area contributed by atoms with Crippen molar-refractivity contribution < 1.29 is 0 Å². The predicted octanol–water partition coefficient (Wildman–Crippen LogP) is 9.42. The van der Waals surface area contributed by atoms with Crippen molar-refractivity contribution in [3.8, 4) is 33.4 Å². The van der Waals surface area contributed by atoms with Gasteiger partial charge < -0.3 is 0 Å². The van der Waals surface area contributed by atoms with Crippen LogP contribution in [-0.2, 0) is 10.8 Å². The van der Waals surface area contributed by atoms with Crippen molar-refractivity contribution in [1.82, 2.24) is 4.98 Å². The van der Waals surface area contributed by atoms with Crippen LogP contribution in [0.5, 0.6) is 0 Å². The molecule has 1 nitrogen and oxygen atoms in total. The molecule has 0 radical (unpaired) electrons. The summed E-state index contributed by atoms with van der Waals surface area (Å²) in [4.78, 5) is 4.22. The molecule has 6 aromatic rings. The summed E-state index contributed by atoms with van der Waals surface area (Å²) in [6.45, 7) is 4.75. The fourth-order valence-corrected chi connectivity index (χ4v) is 7.56. The molecule has 0 N–H and O–H groups in total. The quantitative estimate of drug-likeness (QED) is 0.225. The first-order valence-corrected chi connectivity index (χ1v) is 14.1. The number of rotatable bonds is 2. The summed E-state index contributed by atoms with van der Waals surface area (Å²) >= 11 is 0. The molecule has 1 aromatic heterocycles. The lowest BCUT2D eigenvalue weighted by atomic mass is 9.55. The number of nitrogens with zero attached hydrogens (tertiary/aromatic N) is 1. The van der Waals surface area contributed by atoms with Crippen molar-refractivity contribution >= 4 is 0 Å². The van der Waals surface area contributed by atoms with Crippen molar-refractivity contribution in [2.45, 2.75) is 24.7 Å². The van der Waals surface area contributed by atoms with Crippen molar-refractivity contribution in [3.05, 3.63) is 173 Å². The van der Waals surface area contributed by atoms with Crippen molar-refractivity contribution in [2.75, 3.05) is 0 Å². The molecule has 0 saturated heterocycles. The Morgan fingerprint density at radius 1 is 0.425 bits per heavy atom. The maximum absolute atomic E-state index is 4.22. The van der Waals surface area contributed by atoms with Gasteiger partial charge in [0.15, 0.2) is 0 Å². The number of hydrogen-bond acceptors (Lipinski definition) is 1. The van der Waals surface area contributed by atoms with Gasteiger partial charge in [-0.05, 0) is 85.0 Å². The van der Waals surface area contributed by atoms with E-state index < -0.39 is 0 Å². The van der Waals surface area contributed by atoms with Crippen LogP contribution in [0.2, 0.25) is 0 Å². The zero-order valence-corrected chi connectivity index (χ0v) is 22.7. The number of benzene rings is 5. The van der Waals surface area contributed by atoms with E-state index in [-0.39, 0.29) is 10.8 Å². The molecule has 40 heavy (non-hydrogen) atoms. The second kappa shape index (κ2) is 8.37. The molecule has 1 heteroatoms. The van der Waals surface area contributed by atoms with Crippen LogP contribution in [0.15, 0.2) is 140 Å². The van der Waals surface area contributed by atoms with Gasteiger partial charge in [-0.15, -0.1) is 0 Å². The van der Waals surface area contributed by atoms with Crippen LogP contribution in [0.4, 0.5) is 0 Å². The number of aromatic nitrogens is 1. The molecule has 2 aliphatic carbocycles. The maximum Gasteiger partial charge on any atom is 0.0719 e. The van der Waals surface area contributed by atoms with Crippen molar-refractivity contribution in [1.29, 1.82) is 0 Å². The molecule has 0 aliphatic heterocycles. The average molecular weight is 512 g/mol. The Balaban J connectivity index is 1.48. The van der Waals surface area contributed by atoms with Gasteiger partial charge in [-0.2, -0.15) is 0 Å². The second-order valence-corrected chi connectivity index (χ2v) is 11.6. The fraction of sp³-hybridized carbons (Fsp3) is 0.103. The molecule has 8 rings (SSSR count). The molecule has 0 unspecified atom stereocenters. The van der Waals surface area contributed by atoms with E-state index >= 15 is 0 Å². The van der Waals surface area contributed by atoms with Crippen LogP contribution >= 0.6 is 0 Å². The normalized spacial score (nSPS) is 15.2. The molecular formula is C39H29N. The van der Waals surface area contributed by atoms with E-state index in [2.05, 4.69) is 146 Å². The topological polar surface area (TPSA) is 12.9 Å². The second-order valence-electron chi connectivity index (χ2n) is 11.6. The summed E-state index contributed by atoms with van der Waals surface area (Å²) in [7, 11) is 0. The predicted molar refractivity (Wildman–Crippen MR) is 165 cm³/mol. The minimum Gasteiger partial charge on any atom is -0.265 e. The molecule has 0 bridgehead atoms. The first-order chi connectivity index (χ1) is 19.6. The summed E-state index contributed by atoms with van der Waals surface area (Å²) in [5, 5.41) is 0. The largest absolute Gasteiger partial charge is 0.265 e. The van der Waals surface area contributed by atoms with Gasteiger partial charge >= 0.3 is 0 Å². The molecule has 0 atom stereocenters. The minimum atomic E-state index is -0.368. The zero-order chi connectivity index (χ0) is 26.9. The van der Waals surface area contributed by atoms with E-state index in [9.17, 15) is 0 Å². The van der Waals surface area contributed by atoms with Gasteiger partial charge in [-0.25, -0.2) is 0 Å². The molecule has 1 heterocycles. The van der Waals surface area contributed by atoms with Crippen molar-refractivity contribution in [3.63, 3.8) is 0 Å². The van der Waals surface area contributed by atoms with Gasteiger partial charge in [-0.3, -0.25) is 4.98 Å². The fourth-order valence-electron chi connectivity index (χ4n) is 7.56. The summed E-state index contributed by atoms with van der Waals surface area (Å²) in [5.74, 6) is 0. The van der Waals surface area contributed by atoms with E-state index in [1.54, 1.807) is 0 Å². The van der Waals surface area contributed by atoms with E-state index in [4.69, 9.17) is 0 Å². The first kappa shape index (κ1) is 23.2. The van der Waals surface area contributed by atoms with Gasteiger partial charge in [0.25, 0.3) is 0 Å². The van der Waals surface area contributed by atoms with Gasteiger partial charge in [0.05, 0.1) is 5.41 Å². The van der Waals surface area contributed by atoms with Crippen LogP contribution in [0, 0.1) is 0 Å². The third kappa shape index (κ3) is 2.95. The summed E-state index contributed by atoms with van der Waals surface area (Å²) in [6.07, 6.45) is 3.73. The highest BCUT2D eigenvalue weighted by Gasteiger charge is 2.53. The van der Waals surface area contributed by atoms with Gasteiger partial charge in [0.2, 0.25) is 0 Å². The Hall–Kier alpha value is -4.75. The van der Waals surface area contributed by atoms with E-state index in [0.29, 0.717) is 0 Å². The molecular weight excluding hydrogens is 482 g/mol. The van der Waals surface area contributed by atoms with E-state index in [0.717, 1.165) is 0 Å². The lowest BCUT2D eigenvalue weighted by Gasteiger charge is -2.46. The molecule has 0 amide bonds. The Labute approximate surface area is 235 Å². The lowest BCUT2D eigenvalue weighted by Crippen LogP contribution is -2.40.